The fourth-order valence-corrected chi connectivity index (χ4v) is 2.20. The Morgan fingerprint density at radius 3 is 2.54 bits per heavy atom. The van der Waals surface area contributed by atoms with Gasteiger partial charge in [0.15, 0.2) is 0 Å². The first kappa shape index (κ1) is 9.36. The highest BCUT2D eigenvalue weighted by atomic mass is 16.7. The van der Waals surface area contributed by atoms with Crippen molar-refractivity contribution in [2.75, 3.05) is 20.8 Å². The second-order valence-electron chi connectivity index (χ2n) is 3.47. The SMILES string of the molecule is CO[C@@H]1C2[C@@H](OC)C2(O)O[C@@H]1CO. The van der Waals surface area contributed by atoms with Crippen LogP contribution < -0.4 is 0 Å². The summed E-state index contributed by atoms with van der Waals surface area (Å²) in [7, 11) is 3.05. The van der Waals surface area contributed by atoms with E-state index in [4.69, 9.17) is 19.3 Å². The first-order valence-electron chi connectivity index (χ1n) is 4.25. The van der Waals surface area contributed by atoms with Crippen LogP contribution in [0.3, 0.4) is 0 Å². The molecule has 2 fully saturated rings. The van der Waals surface area contributed by atoms with Crippen molar-refractivity contribution in [3.8, 4) is 0 Å². The van der Waals surface area contributed by atoms with E-state index < -0.39 is 11.9 Å². The normalized spacial score (nSPS) is 53.5. The smallest absolute Gasteiger partial charge is 0.201 e. The number of methoxy groups -OCH3 is 2. The molecule has 0 aromatic rings. The Hall–Kier alpha value is -0.200. The van der Waals surface area contributed by atoms with Crippen LogP contribution in [-0.4, -0.2) is 55.1 Å². The maximum Gasteiger partial charge on any atom is 0.201 e. The van der Waals surface area contributed by atoms with Gasteiger partial charge in [-0.2, -0.15) is 0 Å². The summed E-state index contributed by atoms with van der Waals surface area (Å²) in [6.07, 6.45) is -1.04. The molecular formula is C8H14O5. The van der Waals surface area contributed by atoms with Crippen LogP contribution in [0, 0.1) is 5.92 Å². The van der Waals surface area contributed by atoms with Crippen LogP contribution >= 0.6 is 0 Å². The first-order valence-corrected chi connectivity index (χ1v) is 4.25. The molecule has 76 valence electrons. The molecule has 5 nitrogen and oxygen atoms in total. The molecule has 5 atom stereocenters. The monoisotopic (exact) mass is 190 g/mol. The molecular weight excluding hydrogens is 176 g/mol. The molecule has 2 N–H and O–H groups in total. The Morgan fingerprint density at radius 1 is 1.38 bits per heavy atom. The van der Waals surface area contributed by atoms with Gasteiger partial charge in [-0.3, -0.25) is 0 Å². The lowest BCUT2D eigenvalue weighted by atomic mass is 10.1. The minimum Gasteiger partial charge on any atom is -0.394 e. The zero-order valence-electron chi connectivity index (χ0n) is 7.64. The average molecular weight is 190 g/mol. The maximum absolute atomic E-state index is 9.79. The second kappa shape index (κ2) is 2.90. The highest BCUT2D eigenvalue weighted by molar-refractivity contribution is 5.18. The van der Waals surface area contributed by atoms with Crippen molar-refractivity contribution in [3.05, 3.63) is 0 Å². The summed E-state index contributed by atoms with van der Waals surface area (Å²) >= 11 is 0. The van der Waals surface area contributed by atoms with E-state index in [1.807, 2.05) is 0 Å². The Kier molecular flexibility index (Phi) is 2.08. The van der Waals surface area contributed by atoms with E-state index in [0.29, 0.717) is 0 Å². The predicted octanol–water partition coefficient (Wildman–Crippen LogP) is -1.27. The Morgan fingerprint density at radius 2 is 2.08 bits per heavy atom. The van der Waals surface area contributed by atoms with Crippen LogP contribution in [0.1, 0.15) is 0 Å². The molecule has 2 aliphatic rings. The third-order valence-electron chi connectivity index (χ3n) is 2.87. The van der Waals surface area contributed by atoms with E-state index >= 15 is 0 Å². The van der Waals surface area contributed by atoms with Gasteiger partial charge in [0.25, 0.3) is 0 Å². The fourth-order valence-electron chi connectivity index (χ4n) is 2.20. The Labute approximate surface area is 76.2 Å². The topological polar surface area (TPSA) is 68.2 Å². The molecule has 0 spiro atoms. The van der Waals surface area contributed by atoms with Crippen LogP contribution in [0.15, 0.2) is 0 Å². The molecule has 1 heterocycles. The lowest BCUT2D eigenvalue weighted by Crippen LogP contribution is -2.35. The van der Waals surface area contributed by atoms with Gasteiger partial charge >= 0.3 is 0 Å². The van der Waals surface area contributed by atoms with E-state index in [1.54, 1.807) is 0 Å². The van der Waals surface area contributed by atoms with Crippen LogP contribution in [0.4, 0.5) is 0 Å². The minimum absolute atomic E-state index is 0.145. The van der Waals surface area contributed by atoms with Gasteiger partial charge in [0.05, 0.1) is 18.6 Å². The highest BCUT2D eigenvalue weighted by Gasteiger charge is 2.76. The molecule has 1 saturated carbocycles. The van der Waals surface area contributed by atoms with Crippen molar-refractivity contribution in [1.29, 1.82) is 0 Å². The van der Waals surface area contributed by atoms with Gasteiger partial charge in [0.2, 0.25) is 5.79 Å². The first-order chi connectivity index (χ1) is 6.19. The zero-order valence-corrected chi connectivity index (χ0v) is 7.64. The van der Waals surface area contributed by atoms with E-state index in [-0.39, 0.29) is 24.7 Å². The average Bonchev–Trinajstić information content (AvgIpc) is 2.59. The summed E-state index contributed by atoms with van der Waals surface area (Å²) in [6, 6.07) is 0. The number of ether oxygens (including phenoxy) is 3. The predicted molar refractivity (Wildman–Crippen MR) is 42.0 cm³/mol. The largest absolute Gasteiger partial charge is 0.394 e. The molecule has 5 heteroatoms. The van der Waals surface area contributed by atoms with E-state index in [2.05, 4.69) is 0 Å². The van der Waals surface area contributed by atoms with Crippen molar-refractivity contribution < 1.29 is 24.4 Å². The Bertz CT molecular complexity index is 209. The van der Waals surface area contributed by atoms with Gasteiger partial charge in [-0.25, -0.2) is 0 Å². The molecule has 1 saturated heterocycles. The van der Waals surface area contributed by atoms with Crippen LogP contribution in [0.25, 0.3) is 0 Å². The van der Waals surface area contributed by atoms with Gasteiger partial charge in [-0.05, 0) is 0 Å². The van der Waals surface area contributed by atoms with E-state index in [1.165, 1.54) is 14.2 Å². The van der Waals surface area contributed by atoms with Crippen LogP contribution in [0.2, 0.25) is 0 Å². The molecule has 0 bridgehead atoms. The van der Waals surface area contributed by atoms with E-state index in [9.17, 15) is 5.11 Å². The van der Waals surface area contributed by atoms with Gasteiger partial charge < -0.3 is 24.4 Å². The molecule has 2 unspecified atom stereocenters. The number of rotatable bonds is 3. The lowest BCUT2D eigenvalue weighted by molar-refractivity contribution is -0.182. The van der Waals surface area contributed by atoms with Crippen molar-refractivity contribution >= 4 is 0 Å². The summed E-state index contributed by atoms with van der Waals surface area (Å²) < 4.78 is 15.4. The standard InChI is InChI=1S/C8H14O5/c1-11-6-4(3-9)13-8(10)5(6)7(8)12-2/h4-7,9-10H,3H2,1-2H3/t4-,5?,6+,7-,8?/m1/s1. The van der Waals surface area contributed by atoms with E-state index in [0.717, 1.165) is 0 Å². The molecule has 0 aromatic carbocycles. The molecule has 2 rings (SSSR count). The van der Waals surface area contributed by atoms with Gasteiger partial charge in [-0.1, -0.05) is 0 Å². The Balaban J connectivity index is 2.09. The van der Waals surface area contributed by atoms with Crippen molar-refractivity contribution in [1.82, 2.24) is 0 Å². The maximum atomic E-state index is 9.79. The van der Waals surface area contributed by atoms with Crippen LogP contribution in [-0.2, 0) is 14.2 Å². The molecule has 0 amide bonds. The number of hydrogen-bond donors (Lipinski definition) is 2. The second-order valence-corrected chi connectivity index (χ2v) is 3.47. The van der Waals surface area contributed by atoms with Gasteiger partial charge in [0.1, 0.15) is 12.2 Å². The highest BCUT2D eigenvalue weighted by Crippen LogP contribution is 2.56. The number of fused-ring (bicyclic) bond motifs is 1. The molecule has 1 aliphatic carbocycles. The van der Waals surface area contributed by atoms with Gasteiger partial charge in [0, 0.05) is 14.2 Å². The third-order valence-corrected chi connectivity index (χ3v) is 2.87. The summed E-state index contributed by atoms with van der Waals surface area (Å²) in [5.41, 5.74) is 0. The van der Waals surface area contributed by atoms with Gasteiger partial charge in [-0.15, -0.1) is 0 Å². The van der Waals surface area contributed by atoms with Crippen molar-refractivity contribution in [2.45, 2.75) is 24.1 Å². The number of hydrogen-bond acceptors (Lipinski definition) is 5. The van der Waals surface area contributed by atoms with Crippen molar-refractivity contribution in [2.24, 2.45) is 5.92 Å². The summed E-state index contributed by atoms with van der Waals surface area (Å²) in [5, 5.41) is 18.7. The fraction of sp³-hybridized carbons (Fsp3) is 1.00. The van der Waals surface area contributed by atoms with Crippen LogP contribution in [0.5, 0.6) is 0 Å². The number of aliphatic hydroxyl groups is 2. The van der Waals surface area contributed by atoms with Crippen molar-refractivity contribution in [3.63, 3.8) is 0 Å². The molecule has 1 aliphatic heterocycles. The third kappa shape index (κ3) is 1.05. The summed E-state index contributed by atoms with van der Waals surface area (Å²) in [6.45, 7) is -0.145. The molecule has 0 aromatic heterocycles. The lowest BCUT2D eigenvalue weighted by Gasteiger charge is -2.20. The molecule has 0 radical (unpaired) electrons. The summed E-state index contributed by atoms with van der Waals surface area (Å²) in [5.74, 6) is -1.40. The number of aliphatic hydroxyl groups excluding tert-OH is 1. The molecule has 13 heavy (non-hydrogen) atoms. The zero-order chi connectivity index (χ0) is 9.64. The summed E-state index contributed by atoms with van der Waals surface area (Å²) in [4.78, 5) is 0. The quantitative estimate of drug-likeness (QED) is 0.580. The minimum atomic E-state index is -1.23.